The molecule has 4 rings (SSSR count). The van der Waals surface area contributed by atoms with Crippen LogP contribution in [0.1, 0.15) is 49.6 Å². The number of amides is 2. The summed E-state index contributed by atoms with van der Waals surface area (Å²) in [5, 5.41) is 7.07. The van der Waals surface area contributed by atoms with Gasteiger partial charge in [-0.1, -0.05) is 44.5 Å². The molecule has 31 heavy (non-hydrogen) atoms. The zero-order chi connectivity index (χ0) is 22.0. The summed E-state index contributed by atoms with van der Waals surface area (Å²) in [6.07, 6.45) is 4.30. The molecule has 0 saturated carbocycles. The minimum atomic E-state index is -0.600. The van der Waals surface area contributed by atoms with Gasteiger partial charge in [-0.3, -0.25) is 14.6 Å². The van der Waals surface area contributed by atoms with Crippen LogP contribution in [0.5, 0.6) is 0 Å². The number of fused-ring (bicyclic) bond motifs is 1. The van der Waals surface area contributed by atoms with Crippen LogP contribution in [-0.4, -0.2) is 33.4 Å². The van der Waals surface area contributed by atoms with Gasteiger partial charge in [0, 0.05) is 47.4 Å². The molecule has 3 atom stereocenters. The molecule has 2 amide bonds. The maximum Gasteiger partial charge on any atom is 0.243 e. The molecule has 1 aromatic carbocycles. The predicted molar refractivity (Wildman–Crippen MR) is 122 cm³/mol. The van der Waals surface area contributed by atoms with Crippen LogP contribution in [0.2, 0.25) is 0 Å². The molecule has 162 valence electrons. The highest BCUT2D eigenvalue weighted by Gasteiger charge is 2.38. The first-order valence-corrected chi connectivity index (χ1v) is 11.1. The lowest BCUT2D eigenvalue weighted by Crippen LogP contribution is -2.63. The molecule has 6 nitrogen and oxygen atoms in total. The smallest absolute Gasteiger partial charge is 0.243 e. The van der Waals surface area contributed by atoms with E-state index < -0.39 is 12.1 Å². The Kier molecular flexibility index (Phi) is 6.07. The van der Waals surface area contributed by atoms with Crippen molar-refractivity contribution in [1.29, 1.82) is 0 Å². The Hall–Kier alpha value is -3.15. The molecule has 1 aliphatic heterocycles. The fourth-order valence-electron chi connectivity index (χ4n) is 4.67. The summed E-state index contributed by atoms with van der Waals surface area (Å²) in [5.41, 5.74) is 4.27. The zero-order valence-corrected chi connectivity index (χ0v) is 18.4. The Balaban J connectivity index is 1.60. The van der Waals surface area contributed by atoms with Crippen molar-refractivity contribution in [3.8, 4) is 0 Å². The topological polar surface area (TPSA) is 76.0 Å². The molecule has 0 spiro atoms. The van der Waals surface area contributed by atoms with Crippen molar-refractivity contribution in [2.45, 2.75) is 64.6 Å². The van der Waals surface area contributed by atoms with Crippen LogP contribution in [0.4, 0.5) is 0 Å². The monoisotopic (exact) mass is 418 g/mol. The van der Waals surface area contributed by atoms with E-state index in [9.17, 15) is 9.59 Å². The number of para-hydroxylation sites is 1. The van der Waals surface area contributed by atoms with Gasteiger partial charge in [0.15, 0.2) is 0 Å². The molecule has 3 aromatic rings. The van der Waals surface area contributed by atoms with Gasteiger partial charge in [-0.05, 0) is 37.1 Å². The van der Waals surface area contributed by atoms with E-state index in [-0.39, 0.29) is 17.7 Å². The van der Waals surface area contributed by atoms with Crippen molar-refractivity contribution < 1.29 is 9.59 Å². The second kappa shape index (κ2) is 8.92. The summed E-state index contributed by atoms with van der Waals surface area (Å²) in [4.78, 5) is 30.1. The first kappa shape index (κ1) is 21.1. The number of piperazine rings is 1. The number of hydrogen-bond donors (Lipinski definition) is 2. The third-order valence-corrected chi connectivity index (χ3v) is 6.32. The van der Waals surface area contributed by atoms with Crippen LogP contribution in [0.3, 0.4) is 0 Å². The summed E-state index contributed by atoms with van der Waals surface area (Å²) in [6, 6.07) is 12.7. The third kappa shape index (κ3) is 4.07. The summed E-state index contributed by atoms with van der Waals surface area (Å²) in [7, 11) is 0. The van der Waals surface area contributed by atoms with Crippen molar-refractivity contribution in [2.75, 3.05) is 0 Å². The van der Waals surface area contributed by atoms with Crippen molar-refractivity contribution in [1.82, 2.24) is 20.2 Å². The number of nitrogens with one attached hydrogen (secondary N) is 2. The van der Waals surface area contributed by atoms with E-state index in [4.69, 9.17) is 0 Å². The van der Waals surface area contributed by atoms with Crippen LogP contribution in [0.15, 0.2) is 48.7 Å². The first-order chi connectivity index (χ1) is 15.0. The van der Waals surface area contributed by atoms with E-state index in [1.54, 1.807) is 6.20 Å². The first-order valence-electron chi connectivity index (χ1n) is 11.1. The highest BCUT2D eigenvalue weighted by atomic mass is 16.2. The molecular formula is C25H30N4O2. The lowest BCUT2D eigenvalue weighted by molar-refractivity contribution is -0.137. The number of rotatable bonds is 7. The van der Waals surface area contributed by atoms with Crippen molar-refractivity contribution in [3.05, 3.63) is 65.6 Å². The Bertz CT molecular complexity index is 1090. The summed E-state index contributed by atoms with van der Waals surface area (Å²) < 4.78 is 2.34. The average Bonchev–Trinajstić information content (AvgIpc) is 3.06. The van der Waals surface area contributed by atoms with Gasteiger partial charge in [-0.25, -0.2) is 0 Å². The van der Waals surface area contributed by atoms with Gasteiger partial charge in [0.2, 0.25) is 11.8 Å². The normalized spacial score (nSPS) is 19.8. The standard InChI is InChI=1S/C25H30N4O2/c1-4-5-14-29-17(3)22(19-11-6-7-12-21(19)29)16(2)23-25(31)27-20(24(30)28-23)15-18-10-8-9-13-26-18/h6-13,16,20,23H,4-5,14-15H2,1-3H3,(H,27,31)(H,28,30)/t16-,20+,23-/m1/s1. The number of aryl methyl sites for hydroxylation is 1. The van der Waals surface area contributed by atoms with E-state index in [0.29, 0.717) is 6.42 Å². The second-order valence-electron chi connectivity index (χ2n) is 8.38. The number of pyridine rings is 1. The fraction of sp³-hybridized carbons (Fsp3) is 0.400. The van der Waals surface area contributed by atoms with E-state index in [0.717, 1.165) is 36.0 Å². The third-order valence-electron chi connectivity index (χ3n) is 6.32. The largest absolute Gasteiger partial charge is 0.345 e. The number of benzene rings is 1. The molecule has 0 bridgehead atoms. The van der Waals surface area contributed by atoms with Gasteiger partial charge in [0.25, 0.3) is 0 Å². The number of carbonyl (C=O) groups excluding carboxylic acids is 2. The zero-order valence-electron chi connectivity index (χ0n) is 18.4. The van der Waals surface area contributed by atoms with Crippen molar-refractivity contribution >= 4 is 22.7 Å². The molecule has 6 heteroatoms. The van der Waals surface area contributed by atoms with E-state index in [1.165, 1.54) is 11.2 Å². The summed E-state index contributed by atoms with van der Waals surface area (Å²) in [6.45, 7) is 7.29. The van der Waals surface area contributed by atoms with Crippen molar-refractivity contribution in [3.63, 3.8) is 0 Å². The Morgan fingerprint density at radius 3 is 2.58 bits per heavy atom. The molecule has 3 heterocycles. The maximum absolute atomic E-state index is 13.0. The van der Waals surface area contributed by atoms with Gasteiger partial charge in [-0.15, -0.1) is 0 Å². The van der Waals surface area contributed by atoms with E-state index >= 15 is 0 Å². The number of unbranched alkanes of at least 4 members (excludes halogenated alkanes) is 1. The van der Waals surface area contributed by atoms with Gasteiger partial charge >= 0.3 is 0 Å². The Labute approximate surface area is 183 Å². The lowest BCUT2D eigenvalue weighted by atomic mass is 9.88. The van der Waals surface area contributed by atoms with E-state index in [1.807, 2.05) is 31.2 Å². The maximum atomic E-state index is 13.0. The van der Waals surface area contributed by atoms with Crippen LogP contribution >= 0.6 is 0 Å². The van der Waals surface area contributed by atoms with Crippen LogP contribution in [0, 0.1) is 6.92 Å². The quantitative estimate of drug-likeness (QED) is 0.617. The molecule has 1 saturated heterocycles. The number of nitrogens with zero attached hydrogens (tertiary/aromatic N) is 2. The molecule has 0 aliphatic carbocycles. The average molecular weight is 419 g/mol. The Morgan fingerprint density at radius 2 is 1.84 bits per heavy atom. The molecule has 2 aromatic heterocycles. The van der Waals surface area contributed by atoms with Crippen molar-refractivity contribution in [2.24, 2.45) is 0 Å². The van der Waals surface area contributed by atoms with Gasteiger partial charge in [-0.2, -0.15) is 0 Å². The lowest BCUT2D eigenvalue weighted by Gasteiger charge is -2.33. The number of carbonyl (C=O) groups is 2. The molecular weight excluding hydrogens is 388 g/mol. The molecule has 1 aliphatic rings. The Morgan fingerprint density at radius 1 is 1.06 bits per heavy atom. The molecule has 1 fully saturated rings. The van der Waals surface area contributed by atoms with E-state index in [2.05, 4.69) is 52.2 Å². The van der Waals surface area contributed by atoms with Crippen LogP contribution < -0.4 is 10.6 Å². The molecule has 0 unspecified atom stereocenters. The van der Waals surface area contributed by atoms with Gasteiger partial charge in [0.05, 0.1) is 0 Å². The fourth-order valence-corrected chi connectivity index (χ4v) is 4.67. The number of hydrogen-bond acceptors (Lipinski definition) is 3. The predicted octanol–water partition coefficient (Wildman–Crippen LogP) is 3.47. The summed E-state index contributed by atoms with van der Waals surface area (Å²) in [5.74, 6) is -0.445. The molecule has 0 radical (unpaired) electrons. The molecule has 2 N–H and O–H groups in total. The highest BCUT2D eigenvalue weighted by molar-refractivity contribution is 5.98. The second-order valence-corrected chi connectivity index (χ2v) is 8.38. The number of aromatic nitrogens is 2. The van der Waals surface area contributed by atoms with Crippen LogP contribution in [-0.2, 0) is 22.6 Å². The minimum absolute atomic E-state index is 0.141. The minimum Gasteiger partial charge on any atom is -0.345 e. The van der Waals surface area contributed by atoms with Gasteiger partial charge < -0.3 is 15.2 Å². The SMILES string of the molecule is CCCCn1c(C)c([C@@H](C)[C@H]2NC(=O)[C@H](Cc3ccccn3)NC2=O)c2ccccc21. The highest BCUT2D eigenvalue weighted by Crippen LogP contribution is 2.34. The summed E-state index contributed by atoms with van der Waals surface area (Å²) >= 11 is 0. The van der Waals surface area contributed by atoms with Crippen LogP contribution in [0.25, 0.3) is 10.9 Å². The van der Waals surface area contributed by atoms with Gasteiger partial charge in [0.1, 0.15) is 12.1 Å².